The molecule has 5 heteroatoms. The number of nitrogens with two attached hydrogens (primary N) is 1. The maximum absolute atomic E-state index is 12.6. The van der Waals surface area contributed by atoms with Crippen LogP contribution in [0.5, 0.6) is 0 Å². The number of halogens is 3. The van der Waals surface area contributed by atoms with Crippen LogP contribution < -0.4 is 10.6 Å². The predicted molar refractivity (Wildman–Crippen MR) is 79.0 cm³/mol. The van der Waals surface area contributed by atoms with Crippen LogP contribution in [0.1, 0.15) is 18.1 Å². The Hall–Kier alpha value is -2.17. The Kier molecular flexibility index (Phi) is 4.40. The summed E-state index contributed by atoms with van der Waals surface area (Å²) < 4.78 is 37.7. The lowest BCUT2D eigenvalue weighted by Crippen LogP contribution is -2.22. The van der Waals surface area contributed by atoms with Gasteiger partial charge in [-0.05, 0) is 48.9 Å². The maximum Gasteiger partial charge on any atom is 0.416 e. The van der Waals surface area contributed by atoms with E-state index in [1.165, 1.54) is 12.1 Å². The normalized spacial score (nSPS) is 11.4. The van der Waals surface area contributed by atoms with Crippen molar-refractivity contribution >= 4 is 11.4 Å². The fourth-order valence-electron chi connectivity index (χ4n) is 2.16. The van der Waals surface area contributed by atoms with E-state index in [4.69, 9.17) is 5.73 Å². The Labute approximate surface area is 122 Å². The third-order valence-electron chi connectivity index (χ3n) is 3.27. The van der Waals surface area contributed by atoms with Crippen molar-refractivity contribution in [2.75, 3.05) is 17.2 Å². The molecule has 0 heterocycles. The highest BCUT2D eigenvalue weighted by Gasteiger charge is 2.30. The fraction of sp³-hybridized carbons (Fsp3) is 0.250. The first kappa shape index (κ1) is 15.2. The van der Waals surface area contributed by atoms with Crippen LogP contribution in [0.3, 0.4) is 0 Å². The number of nitrogens with zero attached hydrogens (tertiary/aromatic N) is 1. The molecule has 0 aliphatic carbocycles. The molecular weight excluding hydrogens is 277 g/mol. The first-order valence-electron chi connectivity index (χ1n) is 6.67. The molecular formula is C16H17F3N2. The quantitative estimate of drug-likeness (QED) is 0.851. The second-order valence-electron chi connectivity index (χ2n) is 4.80. The molecule has 112 valence electrons. The molecule has 0 atom stereocenters. The van der Waals surface area contributed by atoms with Crippen molar-refractivity contribution in [3.05, 3.63) is 59.7 Å². The second kappa shape index (κ2) is 6.08. The highest BCUT2D eigenvalue weighted by molar-refractivity contribution is 5.49. The molecule has 0 radical (unpaired) electrons. The molecule has 2 aromatic rings. The molecule has 0 spiro atoms. The third kappa shape index (κ3) is 3.90. The Morgan fingerprint density at radius 1 is 1.05 bits per heavy atom. The molecule has 0 aliphatic rings. The fourth-order valence-corrected chi connectivity index (χ4v) is 2.16. The third-order valence-corrected chi connectivity index (χ3v) is 3.27. The molecule has 0 fully saturated rings. The number of hydrogen-bond donors (Lipinski definition) is 1. The van der Waals surface area contributed by atoms with Gasteiger partial charge >= 0.3 is 6.18 Å². The predicted octanol–water partition coefficient (Wildman–Crippen LogP) is 4.31. The van der Waals surface area contributed by atoms with E-state index in [2.05, 4.69) is 0 Å². The van der Waals surface area contributed by atoms with Gasteiger partial charge in [0.2, 0.25) is 0 Å². The van der Waals surface area contributed by atoms with Gasteiger partial charge in [-0.15, -0.1) is 0 Å². The van der Waals surface area contributed by atoms with Crippen LogP contribution in [0.15, 0.2) is 48.5 Å². The van der Waals surface area contributed by atoms with Gasteiger partial charge in [0.25, 0.3) is 0 Å². The van der Waals surface area contributed by atoms with Gasteiger partial charge in [0.1, 0.15) is 0 Å². The molecule has 2 N–H and O–H groups in total. The van der Waals surface area contributed by atoms with E-state index in [1.807, 2.05) is 30.0 Å². The van der Waals surface area contributed by atoms with E-state index in [-0.39, 0.29) is 0 Å². The van der Waals surface area contributed by atoms with Gasteiger partial charge in [-0.25, -0.2) is 0 Å². The summed E-state index contributed by atoms with van der Waals surface area (Å²) in [5.41, 5.74) is 7.56. The van der Waals surface area contributed by atoms with E-state index in [0.717, 1.165) is 23.4 Å². The van der Waals surface area contributed by atoms with Crippen LogP contribution in [-0.2, 0) is 12.7 Å². The van der Waals surface area contributed by atoms with Crippen LogP contribution in [0.4, 0.5) is 24.5 Å². The van der Waals surface area contributed by atoms with E-state index < -0.39 is 11.7 Å². The number of alkyl halides is 3. The highest BCUT2D eigenvalue weighted by atomic mass is 19.4. The second-order valence-corrected chi connectivity index (χ2v) is 4.80. The molecule has 0 aromatic heterocycles. The van der Waals surface area contributed by atoms with Crippen molar-refractivity contribution in [3.63, 3.8) is 0 Å². The lowest BCUT2D eigenvalue weighted by Gasteiger charge is -2.24. The molecule has 0 amide bonds. The largest absolute Gasteiger partial charge is 0.416 e. The van der Waals surface area contributed by atoms with Gasteiger partial charge in [-0.2, -0.15) is 13.2 Å². The Balaban J connectivity index is 2.18. The Morgan fingerprint density at radius 2 is 1.71 bits per heavy atom. The van der Waals surface area contributed by atoms with Crippen LogP contribution in [0.25, 0.3) is 0 Å². The molecule has 0 bridgehead atoms. The number of nitrogen functional groups attached to an aromatic ring is 1. The minimum absolute atomic E-state index is 0.604. The summed E-state index contributed by atoms with van der Waals surface area (Å²) in [6.45, 7) is 3.26. The number of anilines is 2. The van der Waals surface area contributed by atoms with Gasteiger partial charge in [-0.1, -0.05) is 12.1 Å². The SMILES string of the molecule is CCN(Cc1cccc(N)c1)c1ccc(C(F)(F)F)cc1. The van der Waals surface area contributed by atoms with E-state index >= 15 is 0 Å². The first-order chi connectivity index (χ1) is 9.90. The van der Waals surface area contributed by atoms with E-state index in [0.29, 0.717) is 18.8 Å². The number of benzene rings is 2. The molecule has 2 nitrogen and oxygen atoms in total. The summed E-state index contributed by atoms with van der Waals surface area (Å²) >= 11 is 0. The van der Waals surface area contributed by atoms with Gasteiger partial charge in [0.05, 0.1) is 5.56 Å². The lowest BCUT2D eigenvalue weighted by molar-refractivity contribution is -0.137. The molecule has 0 unspecified atom stereocenters. The van der Waals surface area contributed by atoms with Gasteiger partial charge in [0.15, 0.2) is 0 Å². The zero-order valence-electron chi connectivity index (χ0n) is 11.7. The van der Waals surface area contributed by atoms with Gasteiger partial charge in [0, 0.05) is 24.5 Å². The number of hydrogen-bond acceptors (Lipinski definition) is 2. The van der Waals surface area contributed by atoms with Crippen molar-refractivity contribution in [1.29, 1.82) is 0 Å². The van der Waals surface area contributed by atoms with Gasteiger partial charge < -0.3 is 10.6 Å². The summed E-state index contributed by atoms with van der Waals surface area (Å²) in [6.07, 6.45) is -4.30. The molecule has 21 heavy (non-hydrogen) atoms. The average molecular weight is 294 g/mol. The van der Waals surface area contributed by atoms with Crippen LogP contribution in [-0.4, -0.2) is 6.54 Å². The highest BCUT2D eigenvalue weighted by Crippen LogP contribution is 2.30. The van der Waals surface area contributed by atoms with E-state index in [9.17, 15) is 13.2 Å². The van der Waals surface area contributed by atoms with Crippen LogP contribution >= 0.6 is 0 Å². The molecule has 2 rings (SSSR count). The summed E-state index contributed by atoms with van der Waals surface area (Å²) in [6, 6.07) is 12.7. The minimum Gasteiger partial charge on any atom is -0.399 e. The first-order valence-corrected chi connectivity index (χ1v) is 6.67. The molecule has 2 aromatic carbocycles. The van der Waals surface area contributed by atoms with Crippen molar-refractivity contribution in [2.24, 2.45) is 0 Å². The molecule has 0 aliphatic heterocycles. The standard InChI is InChI=1S/C16H17F3N2/c1-2-21(11-12-4-3-5-14(20)10-12)15-8-6-13(7-9-15)16(17,18)19/h3-10H,2,11,20H2,1H3. The molecule has 0 saturated heterocycles. The maximum atomic E-state index is 12.6. The van der Waals surface area contributed by atoms with Crippen molar-refractivity contribution in [2.45, 2.75) is 19.6 Å². The number of rotatable bonds is 4. The van der Waals surface area contributed by atoms with Crippen LogP contribution in [0.2, 0.25) is 0 Å². The van der Waals surface area contributed by atoms with Crippen molar-refractivity contribution in [3.8, 4) is 0 Å². The zero-order valence-corrected chi connectivity index (χ0v) is 11.7. The van der Waals surface area contributed by atoms with Crippen molar-refractivity contribution in [1.82, 2.24) is 0 Å². The Morgan fingerprint density at radius 3 is 2.24 bits per heavy atom. The Bertz CT molecular complexity index is 591. The van der Waals surface area contributed by atoms with Gasteiger partial charge in [-0.3, -0.25) is 0 Å². The topological polar surface area (TPSA) is 29.3 Å². The van der Waals surface area contributed by atoms with Crippen molar-refractivity contribution < 1.29 is 13.2 Å². The molecule has 0 saturated carbocycles. The van der Waals surface area contributed by atoms with Crippen LogP contribution in [0, 0.1) is 0 Å². The monoisotopic (exact) mass is 294 g/mol. The zero-order chi connectivity index (χ0) is 15.5. The van der Waals surface area contributed by atoms with E-state index in [1.54, 1.807) is 6.07 Å². The smallest absolute Gasteiger partial charge is 0.399 e. The summed E-state index contributed by atoms with van der Waals surface area (Å²) in [4.78, 5) is 1.99. The lowest BCUT2D eigenvalue weighted by atomic mass is 10.1. The summed E-state index contributed by atoms with van der Waals surface area (Å²) in [7, 11) is 0. The summed E-state index contributed by atoms with van der Waals surface area (Å²) in [5.74, 6) is 0. The summed E-state index contributed by atoms with van der Waals surface area (Å²) in [5, 5.41) is 0. The minimum atomic E-state index is -4.30. The average Bonchev–Trinajstić information content (AvgIpc) is 2.44.